The molecule has 1 aromatic carbocycles. The van der Waals surface area contributed by atoms with E-state index >= 15 is 0 Å². The van der Waals surface area contributed by atoms with E-state index in [0.29, 0.717) is 13.0 Å². The molecule has 16 heavy (non-hydrogen) atoms. The maximum Gasteiger partial charge on any atom is 0.170 e. The van der Waals surface area contributed by atoms with E-state index in [1.54, 1.807) is 6.07 Å². The molecule has 0 unspecified atom stereocenters. The topological polar surface area (TPSA) is 90.9 Å². The third-order valence-corrected chi connectivity index (χ3v) is 2.23. The Morgan fingerprint density at radius 1 is 1.38 bits per heavy atom. The highest BCUT2D eigenvalue weighted by atomic mass is 16.4. The molecule has 0 aliphatic heterocycles. The number of aliphatic hydroxyl groups is 1. The highest BCUT2D eigenvalue weighted by molar-refractivity contribution is 5.98. The number of nitrogens with two attached hydrogens (primary N) is 1. The van der Waals surface area contributed by atoms with Crippen molar-refractivity contribution in [2.24, 2.45) is 10.9 Å². The number of amidine groups is 1. The van der Waals surface area contributed by atoms with Gasteiger partial charge in [0.25, 0.3) is 0 Å². The molecule has 5 nitrogen and oxygen atoms in total. The molecule has 0 saturated heterocycles. The predicted molar refractivity (Wildman–Crippen MR) is 62.4 cm³/mol. The van der Waals surface area contributed by atoms with Crippen molar-refractivity contribution in [3.8, 4) is 0 Å². The summed E-state index contributed by atoms with van der Waals surface area (Å²) in [5.41, 5.74) is 7.25. The third-order valence-electron chi connectivity index (χ3n) is 2.23. The summed E-state index contributed by atoms with van der Waals surface area (Å²) < 4.78 is 0. The van der Waals surface area contributed by atoms with Gasteiger partial charge in [-0.2, -0.15) is 0 Å². The number of nitrogens with zero attached hydrogens (tertiary/aromatic N) is 1. The molecule has 5 N–H and O–H groups in total. The predicted octanol–water partition coefficient (Wildman–Crippen LogP) is 0.253. The fourth-order valence-electron chi connectivity index (χ4n) is 1.41. The maximum atomic E-state index is 8.63. The lowest BCUT2D eigenvalue weighted by atomic mass is 10.1. The Hall–Kier alpha value is -1.59. The Balaban J connectivity index is 2.64. The highest BCUT2D eigenvalue weighted by Gasteiger charge is 2.05. The Labute approximate surface area is 94.6 Å². The van der Waals surface area contributed by atoms with E-state index in [1.165, 1.54) is 0 Å². The molecule has 0 spiro atoms. The summed E-state index contributed by atoms with van der Waals surface area (Å²) in [7, 11) is 0. The molecule has 88 valence electrons. The number of aliphatic hydroxyl groups excluding tert-OH is 1. The minimum absolute atomic E-state index is 0.111. The number of hydrogen-bond acceptors (Lipinski definition) is 4. The molecule has 5 heteroatoms. The van der Waals surface area contributed by atoms with Crippen molar-refractivity contribution in [3.05, 3.63) is 35.4 Å². The molecule has 0 atom stereocenters. The van der Waals surface area contributed by atoms with Crippen LogP contribution in [0.15, 0.2) is 29.4 Å². The van der Waals surface area contributed by atoms with Crippen LogP contribution >= 0.6 is 0 Å². The number of hydrogen-bond donors (Lipinski definition) is 4. The first-order chi connectivity index (χ1) is 7.79. The van der Waals surface area contributed by atoms with Gasteiger partial charge in [0.15, 0.2) is 5.84 Å². The SMILES string of the molecule is NC(=NO)c1ccccc1CNCCCO. The molecule has 0 fully saturated rings. The Morgan fingerprint density at radius 3 is 2.81 bits per heavy atom. The van der Waals surface area contributed by atoms with Crippen LogP contribution in [-0.4, -0.2) is 29.3 Å². The van der Waals surface area contributed by atoms with Gasteiger partial charge in [0, 0.05) is 18.7 Å². The van der Waals surface area contributed by atoms with Gasteiger partial charge in [0.05, 0.1) is 0 Å². The second-order valence-electron chi connectivity index (χ2n) is 3.40. The fourth-order valence-corrected chi connectivity index (χ4v) is 1.41. The molecule has 0 bridgehead atoms. The van der Waals surface area contributed by atoms with E-state index in [2.05, 4.69) is 10.5 Å². The lowest BCUT2D eigenvalue weighted by molar-refractivity contribution is 0.286. The van der Waals surface area contributed by atoms with Gasteiger partial charge >= 0.3 is 0 Å². The molecule has 0 amide bonds. The summed E-state index contributed by atoms with van der Waals surface area (Å²) in [4.78, 5) is 0. The van der Waals surface area contributed by atoms with Gasteiger partial charge in [-0.3, -0.25) is 0 Å². The molecule has 0 aromatic heterocycles. The first-order valence-electron chi connectivity index (χ1n) is 5.17. The zero-order valence-electron chi connectivity index (χ0n) is 9.06. The van der Waals surface area contributed by atoms with Crippen molar-refractivity contribution in [3.63, 3.8) is 0 Å². The molecule has 0 heterocycles. The zero-order chi connectivity index (χ0) is 11.8. The number of rotatable bonds is 6. The first-order valence-corrected chi connectivity index (χ1v) is 5.17. The smallest absolute Gasteiger partial charge is 0.170 e. The monoisotopic (exact) mass is 223 g/mol. The van der Waals surface area contributed by atoms with Gasteiger partial charge in [-0.15, -0.1) is 0 Å². The van der Waals surface area contributed by atoms with Crippen molar-refractivity contribution in [2.75, 3.05) is 13.2 Å². The summed E-state index contributed by atoms with van der Waals surface area (Å²) in [6.45, 7) is 1.54. The van der Waals surface area contributed by atoms with Crippen LogP contribution < -0.4 is 11.1 Å². The van der Waals surface area contributed by atoms with Crippen LogP contribution in [0.5, 0.6) is 0 Å². The van der Waals surface area contributed by atoms with E-state index < -0.39 is 0 Å². The Kier molecular flexibility index (Phi) is 5.31. The molecule has 0 aliphatic carbocycles. The van der Waals surface area contributed by atoms with Crippen molar-refractivity contribution in [1.82, 2.24) is 5.32 Å². The average molecular weight is 223 g/mol. The van der Waals surface area contributed by atoms with Crippen molar-refractivity contribution >= 4 is 5.84 Å². The van der Waals surface area contributed by atoms with Gasteiger partial charge in [0.1, 0.15) is 0 Å². The van der Waals surface area contributed by atoms with E-state index in [0.717, 1.165) is 17.7 Å². The van der Waals surface area contributed by atoms with Crippen LogP contribution in [0.1, 0.15) is 17.5 Å². The molecular weight excluding hydrogens is 206 g/mol. The summed E-state index contributed by atoms with van der Waals surface area (Å²) >= 11 is 0. The Morgan fingerprint density at radius 2 is 2.12 bits per heavy atom. The Bertz CT molecular complexity index is 353. The molecular formula is C11H17N3O2. The second-order valence-corrected chi connectivity index (χ2v) is 3.40. The van der Waals surface area contributed by atoms with Crippen molar-refractivity contribution < 1.29 is 10.3 Å². The van der Waals surface area contributed by atoms with Gasteiger partial charge in [0.2, 0.25) is 0 Å². The van der Waals surface area contributed by atoms with Crippen LogP contribution in [0.25, 0.3) is 0 Å². The van der Waals surface area contributed by atoms with Gasteiger partial charge in [-0.25, -0.2) is 0 Å². The molecule has 1 aromatic rings. The van der Waals surface area contributed by atoms with Crippen LogP contribution in [0, 0.1) is 0 Å². The number of oxime groups is 1. The fraction of sp³-hybridized carbons (Fsp3) is 0.364. The molecule has 0 radical (unpaired) electrons. The minimum atomic E-state index is 0.111. The quantitative estimate of drug-likeness (QED) is 0.183. The molecule has 0 saturated carbocycles. The van der Waals surface area contributed by atoms with E-state index in [9.17, 15) is 0 Å². The summed E-state index contributed by atoms with van der Waals surface area (Å²) in [6.07, 6.45) is 0.714. The minimum Gasteiger partial charge on any atom is -0.409 e. The van der Waals surface area contributed by atoms with Crippen LogP contribution in [-0.2, 0) is 6.54 Å². The zero-order valence-corrected chi connectivity index (χ0v) is 9.06. The second kappa shape index (κ2) is 6.81. The molecule has 0 aliphatic rings. The van der Waals surface area contributed by atoms with Gasteiger partial charge in [-0.1, -0.05) is 29.4 Å². The third kappa shape index (κ3) is 3.52. The lowest BCUT2D eigenvalue weighted by Gasteiger charge is -2.08. The normalized spacial score (nSPS) is 11.7. The number of nitrogens with one attached hydrogen (secondary N) is 1. The summed E-state index contributed by atoms with van der Waals surface area (Å²) in [5.74, 6) is 0.111. The summed E-state index contributed by atoms with van der Waals surface area (Å²) in [6, 6.07) is 7.46. The van der Waals surface area contributed by atoms with Crippen LogP contribution in [0.4, 0.5) is 0 Å². The van der Waals surface area contributed by atoms with Crippen LogP contribution in [0.3, 0.4) is 0 Å². The largest absolute Gasteiger partial charge is 0.409 e. The average Bonchev–Trinajstić information content (AvgIpc) is 2.34. The molecule has 1 rings (SSSR count). The lowest BCUT2D eigenvalue weighted by Crippen LogP contribution is -2.20. The number of benzene rings is 1. The van der Waals surface area contributed by atoms with Gasteiger partial charge in [-0.05, 0) is 18.5 Å². The van der Waals surface area contributed by atoms with E-state index in [1.807, 2.05) is 18.2 Å². The van der Waals surface area contributed by atoms with Crippen LogP contribution in [0.2, 0.25) is 0 Å². The standard InChI is InChI=1S/C11H17N3O2/c12-11(14-16)10-5-2-1-4-9(10)8-13-6-3-7-15/h1-2,4-5,13,15-16H,3,6-8H2,(H2,12,14). The summed E-state index contributed by atoms with van der Waals surface area (Å²) in [5, 5.41) is 23.4. The van der Waals surface area contributed by atoms with Gasteiger partial charge < -0.3 is 21.4 Å². The van der Waals surface area contributed by atoms with E-state index in [-0.39, 0.29) is 12.4 Å². The van der Waals surface area contributed by atoms with Crippen molar-refractivity contribution in [2.45, 2.75) is 13.0 Å². The first kappa shape index (κ1) is 12.5. The highest BCUT2D eigenvalue weighted by Crippen LogP contribution is 2.07. The van der Waals surface area contributed by atoms with E-state index in [4.69, 9.17) is 16.0 Å². The van der Waals surface area contributed by atoms with Crippen molar-refractivity contribution in [1.29, 1.82) is 0 Å². The maximum absolute atomic E-state index is 8.63.